The van der Waals surface area contributed by atoms with Crippen molar-refractivity contribution < 1.29 is 4.74 Å². The fourth-order valence-electron chi connectivity index (χ4n) is 3.89. The van der Waals surface area contributed by atoms with Gasteiger partial charge in [0.25, 0.3) is 5.56 Å². The van der Waals surface area contributed by atoms with Crippen LogP contribution in [0, 0.1) is 6.92 Å². The summed E-state index contributed by atoms with van der Waals surface area (Å²) in [6, 6.07) is 14.2. The summed E-state index contributed by atoms with van der Waals surface area (Å²) in [4.78, 5) is 12.4. The van der Waals surface area contributed by atoms with Gasteiger partial charge in [-0.25, -0.2) is 0 Å². The van der Waals surface area contributed by atoms with Crippen LogP contribution in [0.15, 0.2) is 53.5 Å². The zero-order valence-corrected chi connectivity index (χ0v) is 15.8. The van der Waals surface area contributed by atoms with Crippen LogP contribution in [0.2, 0.25) is 0 Å². The van der Waals surface area contributed by atoms with Gasteiger partial charge in [-0.1, -0.05) is 36.4 Å². The third-order valence-electron chi connectivity index (χ3n) is 5.58. The summed E-state index contributed by atoms with van der Waals surface area (Å²) < 4.78 is 7.93. The quantitative estimate of drug-likeness (QED) is 0.859. The van der Waals surface area contributed by atoms with Crippen LogP contribution in [-0.2, 0) is 4.74 Å². The SMILES string of the molecule is Cc1cccn([C@H](COC2CCC(c3ccccc3)CC2)[C@H](C)N)c1=O. The van der Waals surface area contributed by atoms with Crippen LogP contribution in [0.5, 0.6) is 0 Å². The summed E-state index contributed by atoms with van der Waals surface area (Å²) in [6.45, 7) is 4.26. The average Bonchev–Trinajstić information content (AvgIpc) is 2.66. The molecule has 0 saturated heterocycles. The van der Waals surface area contributed by atoms with Gasteiger partial charge in [0.2, 0.25) is 0 Å². The Kier molecular flexibility index (Phi) is 6.28. The molecule has 0 bridgehead atoms. The van der Waals surface area contributed by atoms with E-state index in [1.807, 2.05) is 32.2 Å². The molecule has 0 amide bonds. The van der Waals surface area contributed by atoms with Crippen molar-refractivity contribution in [3.8, 4) is 0 Å². The van der Waals surface area contributed by atoms with E-state index >= 15 is 0 Å². The highest BCUT2D eigenvalue weighted by molar-refractivity contribution is 5.20. The third-order valence-corrected chi connectivity index (χ3v) is 5.58. The minimum absolute atomic E-state index is 0.0196. The lowest BCUT2D eigenvalue weighted by Gasteiger charge is -2.31. The molecule has 3 rings (SSSR count). The lowest BCUT2D eigenvalue weighted by molar-refractivity contribution is 0.00325. The number of ether oxygens (including phenoxy) is 1. The van der Waals surface area contributed by atoms with E-state index in [9.17, 15) is 4.79 Å². The van der Waals surface area contributed by atoms with Crippen molar-refractivity contribution in [1.29, 1.82) is 0 Å². The van der Waals surface area contributed by atoms with Crippen molar-refractivity contribution in [2.24, 2.45) is 5.73 Å². The van der Waals surface area contributed by atoms with Crippen LogP contribution in [0.1, 0.15) is 55.7 Å². The fourth-order valence-corrected chi connectivity index (χ4v) is 3.89. The van der Waals surface area contributed by atoms with Crippen molar-refractivity contribution in [3.05, 3.63) is 70.1 Å². The van der Waals surface area contributed by atoms with E-state index in [0.717, 1.165) is 31.2 Å². The standard InChI is InChI=1S/C22H30N2O2/c1-16-7-6-14-24(22(16)25)21(17(2)23)15-26-20-12-10-19(11-13-20)18-8-4-3-5-9-18/h3-9,14,17,19-21H,10-13,15,23H2,1-2H3/t17-,19?,20?,21+/m0/s1. The second-order valence-electron chi connectivity index (χ2n) is 7.55. The zero-order chi connectivity index (χ0) is 18.5. The predicted octanol–water partition coefficient (Wildman–Crippen LogP) is 3.79. The highest BCUT2D eigenvalue weighted by atomic mass is 16.5. The number of hydrogen-bond donors (Lipinski definition) is 1. The molecule has 0 unspecified atom stereocenters. The van der Waals surface area contributed by atoms with Crippen LogP contribution in [0.4, 0.5) is 0 Å². The molecule has 1 heterocycles. The lowest BCUT2D eigenvalue weighted by Crippen LogP contribution is -2.39. The molecule has 0 radical (unpaired) electrons. The van der Waals surface area contributed by atoms with E-state index in [4.69, 9.17) is 10.5 Å². The number of aryl methyl sites for hydroxylation is 1. The van der Waals surface area contributed by atoms with Crippen molar-refractivity contribution in [3.63, 3.8) is 0 Å². The summed E-state index contributed by atoms with van der Waals surface area (Å²) in [5, 5.41) is 0. The molecule has 2 N–H and O–H groups in total. The Morgan fingerprint density at radius 2 is 1.81 bits per heavy atom. The molecule has 1 aliphatic rings. The molecule has 4 nitrogen and oxygen atoms in total. The normalized spacial score (nSPS) is 22.7. The van der Waals surface area contributed by atoms with E-state index in [0.29, 0.717) is 12.5 Å². The Bertz CT molecular complexity index is 746. The Morgan fingerprint density at radius 1 is 1.12 bits per heavy atom. The molecule has 1 fully saturated rings. The molecule has 1 aromatic carbocycles. The minimum Gasteiger partial charge on any atom is -0.376 e. The van der Waals surface area contributed by atoms with Crippen LogP contribution < -0.4 is 11.3 Å². The minimum atomic E-state index is -0.143. The van der Waals surface area contributed by atoms with Crippen molar-refractivity contribution in [2.75, 3.05) is 6.61 Å². The van der Waals surface area contributed by atoms with Gasteiger partial charge in [0.05, 0.1) is 18.8 Å². The maximum absolute atomic E-state index is 12.4. The molecule has 2 aromatic rings. The fraction of sp³-hybridized carbons (Fsp3) is 0.500. The van der Waals surface area contributed by atoms with Gasteiger partial charge in [-0.2, -0.15) is 0 Å². The smallest absolute Gasteiger partial charge is 0.253 e. The van der Waals surface area contributed by atoms with Gasteiger partial charge >= 0.3 is 0 Å². The molecule has 1 aliphatic carbocycles. The highest BCUT2D eigenvalue weighted by Crippen LogP contribution is 2.34. The van der Waals surface area contributed by atoms with E-state index in [1.54, 1.807) is 4.57 Å². The van der Waals surface area contributed by atoms with Gasteiger partial charge in [-0.05, 0) is 57.1 Å². The Balaban J connectivity index is 1.58. The number of nitrogens with zero attached hydrogens (tertiary/aromatic N) is 1. The molecule has 0 spiro atoms. The Hall–Kier alpha value is -1.91. The van der Waals surface area contributed by atoms with Gasteiger partial charge in [0, 0.05) is 17.8 Å². The molecule has 140 valence electrons. The first-order chi connectivity index (χ1) is 12.6. The second-order valence-corrected chi connectivity index (χ2v) is 7.55. The second kappa shape index (κ2) is 8.65. The van der Waals surface area contributed by atoms with Crippen molar-refractivity contribution in [2.45, 2.75) is 63.6 Å². The maximum Gasteiger partial charge on any atom is 0.253 e. The van der Waals surface area contributed by atoms with Gasteiger partial charge in [-0.3, -0.25) is 4.79 Å². The van der Waals surface area contributed by atoms with Crippen LogP contribution in [0.25, 0.3) is 0 Å². The van der Waals surface area contributed by atoms with Crippen LogP contribution in [0.3, 0.4) is 0 Å². The van der Waals surface area contributed by atoms with Gasteiger partial charge in [0.15, 0.2) is 0 Å². The molecule has 2 atom stereocenters. The summed E-state index contributed by atoms with van der Waals surface area (Å²) >= 11 is 0. The number of nitrogens with two attached hydrogens (primary N) is 1. The molecule has 26 heavy (non-hydrogen) atoms. The molecule has 1 saturated carbocycles. The van der Waals surface area contributed by atoms with Crippen LogP contribution >= 0.6 is 0 Å². The Morgan fingerprint density at radius 3 is 2.46 bits per heavy atom. The van der Waals surface area contributed by atoms with E-state index in [2.05, 4.69) is 30.3 Å². The number of pyridine rings is 1. The monoisotopic (exact) mass is 354 g/mol. The first-order valence-electron chi connectivity index (χ1n) is 9.66. The first kappa shape index (κ1) is 18.9. The van der Waals surface area contributed by atoms with Gasteiger partial charge < -0.3 is 15.0 Å². The highest BCUT2D eigenvalue weighted by Gasteiger charge is 2.25. The molecular weight excluding hydrogens is 324 g/mol. The van der Waals surface area contributed by atoms with Crippen molar-refractivity contribution in [1.82, 2.24) is 4.57 Å². The lowest BCUT2D eigenvalue weighted by atomic mass is 9.83. The zero-order valence-electron chi connectivity index (χ0n) is 15.8. The van der Waals surface area contributed by atoms with Crippen molar-refractivity contribution >= 4 is 0 Å². The number of hydrogen-bond acceptors (Lipinski definition) is 3. The number of benzene rings is 1. The largest absolute Gasteiger partial charge is 0.376 e. The van der Waals surface area contributed by atoms with E-state index in [1.165, 1.54) is 5.56 Å². The molecule has 1 aromatic heterocycles. The first-order valence-corrected chi connectivity index (χ1v) is 9.66. The average molecular weight is 354 g/mol. The van der Waals surface area contributed by atoms with Gasteiger partial charge in [0.1, 0.15) is 0 Å². The predicted molar refractivity (Wildman–Crippen MR) is 106 cm³/mol. The molecular formula is C22H30N2O2. The summed E-state index contributed by atoms with van der Waals surface area (Å²) in [7, 11) is 0. The number of aromatic nitrogens is 1. The molecule has 4 heteroatoms. The summed E-state index contributed by atoms with van der Waals surface area (Å²) in [6.07, 6.45) is 6.52. The number of rotatable bonds is 6. The topological polar surface area (TPSA) is 57.2 Å². The summed E-state index contributed by atoms with van der Waals surface area (Å²) in [5.41, 5.74) is 8.35. The van der Waals surface area contributed by atoms with Gasteiger partial charge in [-0.15, -0.1) is 0 Å². The van der Waals surface area contributed by atoms with Crippen LogP contribution in [-0.4, -0.2) is 23.3 Å². The molecule has 0 aliphatic heterocycles. The van der Waals surface area contributed by atoms with E-state index in [-0.39, 0.29) is 23.7 Å². The maximum atomic E-state index is 12.4. The Labute approximate surface area is 156 Å². The van der Waals surface area contributed by atoms with E-state index < -0.39 is 0 Å². The summed E-state index contributed by atoms with van der Waals surface area (Å²) in [5.74, 6) is 0.639. The third kappa shape index (κ3) is 4.43.